The number of aryl methyl sites for hydroxylation is 4. The monoisotopic (exact) mass is 370 g/mol. The predicted molar refractivity (Wildman–Crippen MR) is 99.7 cm³/mol. The van der Waals surface area contributed by atoms with Crippen LogP contribution < -0.4 is 10.6 Å². The molecular weight excluding hydrogens is 348 g/mol. The van der Waals surface area contributed by atoms with Crippen molar-refractivity contribution in [1.82, 2.24) is 29.3 Å². The molecule has 3 aromatic rings. The fourth-order valence-corrected chi connectivity index (χ4v) is 2.77. The van der Waals surface area contributed by atoms with Crippen molar-refractivity contribution in [2.24, 2.45) is 14.1 Å². The molecule has 0 bridgehead atoms. The minimum Gasteiger partial charge on any atom is -0.318 e. The summed E-state index contributed by atoms with van der Waals surface area (Å²) in [4.78, 5) is 25.4. The summed E-state index contributed by atoms with van der Waals surface area (Å²) in [6.07, 6.45) is 4.68. The molecular formula is C17H22N8O2. The van der Waals surface area contributed by atoms with Gasteiger partial charge in [-0.1, -0.05) is 0 Å². The van der Waals surface area contributed by atoms with E-state index in [-0.39, 0.29) is 17.5 Å². The first-order chi connectivity index (χ1) is 12.8. The molecule has 0 fully saturated rings. The maximum Gasteiger partial charge on any atom is 0.276 e. The van der Waals surface area contributed by atoms with Gasteiger partial charge in [-0.3, -0.25) is 23.6 Å². The van der Waals surface area contributed by atoms with Crippen LogP contribution in [0.2, 0.25) is 0 Å². The van der Waals surface area contributed by atoms with E-state index in [0.717, 1.165) is 5.69 Å². The van der Waals surface area contributed by atoms with E-state index in [2.05, 4.69) is 25.9 Å². The minimum absolute atomic E-state index is 0.274. The van der Waals surface area contributed by atoms with Gasteiger partial charge in [0.25, 0.3) is 11.8 Å². The average Bonchev–Trinajstić information content (AvgIpc) is 3.27. The number of hydrogen-bond donors (Lipinski definition) is 2. The van der Waals surface area contributed by atoms with Gasteiger partial charge in [0.15, 0.2) is 0 Å². The maximum absolute atomic E-state index is 12.8. The van der Waals surface area contributed by atoms with Gasteiger partial charge in [0.05, 0.1) is 40.7 Å². The molecule has 142 valence electrons. The number of carbonyl (C=O) groups excluding carboxylic acids is 2. The second kappa shape index (κ2) is 7.06. The van der Waals surface area contributed by atoms with E-state index in [4.69, 9.17) is 0 Å². The van der Waals surface area contributed by atoms with Crippen LogP contribution in [-0.2, 0) is 20.6 Å². The fraction of sp³-hybridized carbons (Fsp3) is 0.353. The molecule has 0 unspecified atom stereocenters. The quantitative estimate of drug-likeness (QED) is 0.707. The molecule has 0 radical (unpaired) electrons. The molecule has 2 N–H and O–H groups in total. The van der Waals surface area contributed by atoms with Crippen LogP contribution in [0.4, 0.5) is 11.4 Å². The Balaban J connectivity index is 1.88. The van der Waals surface area contributed by atoms with Gasteiger partial charge >= 0.3 is 0 Å². The van der Waals surface area contributed by atoms with Gasteiger partial charge in [-0.25, -0.2) is 0 Å². The van der Waals surface area contributed by atoms with Crippen LogP contribution in [0.1, 0.15) is 39.2 Å². The Morgan fingerprint density at radius 2 is 1.70 bits per heavy atom. The number of rotatable bonds is 5. The zero-order valence-electron chi connectivity index (χ0n) is 15.9. The normalized spacial score (nSPS) is 10.9. The summed E-state index contributed by atoms with van der Waals surface area (Å²) in [6, 6.07) is 0. The molecule has 0 aliphatic heterocycles. The number of hydrogen-bond acceptors (Lipinski definition) is 5. The predicted octanol–water partition coefficient (Wildman–Crippen LogP) is 1.49. The van der Waals surface area contributed by atoms with Crippen molar-refractivity contribution in [1.29, 1.82) is 0 Å². The number of carbonyl (C=O) groups is 2. The molecule has 3 aromatic heterocycles. The molecule has 0 aromatic carbocycles. The lowest BCUT2D eigenvalue weighted by Crippen LogP contribution is -2.21. The third-order valence-electron chi connectivity index (χ3n) is 4.34. The number of anilines is 2. The van der Waals surface area contributed by atoms with E-state index < -0.39 is 0 Å². The maximum atomic E-state index is 12.8. The lowest BCUT2D eigenvalue weighted by Gasteiger charge is -2.09. The van der Waals surface area contributed by atoms with Crippen LogP contribution in [0.15, 0.2) is 18.6 Å². The van der Waals surface area contributed by atoms with Crippen molar-refractivity contribution in [2.75, 3.05) is 10.6 Å². The summed E-state index contributed by atoms with van der Waals surface area (Å²) >= 11 is 0. The number of aromatic nitrogens is 6. The van der Waals surface area contributed by atoms with Crippen molar-refractivity contribution < 1.29 is 9.59 Å². The lowest BCUT2D eigenvalue weighted by molar-refractivity contribution is 0.101. The minimum atomic E-state index is -0.372. The summed E-state index contributed by atoms with van der Waals surface area (Å²) in [5.74, 6) is -0.716. The van der Waals surface area contributed by atoms with Gasteiger partial charge in [0.1, 0.15) is 5.69 Å². The molecule has 0 saturated heterocycles. The van der Waals surface area contributed by atoms with E-state index in [9.17, 15) is 9.59 Å². The lowest BCUT2D eigenvalue weighted by atomic mass is 10.2. The summed E-state index contributed by atoms with van der Waals surface area (Å²) in [6.45, 7) is 5.96. The Morgan fingerprint density at radius 3 is 2.26 bits per heavy atom. The Labute approximate surface area is 156 Å². The van der Waals surface area contributed by atoms with E-state index in [1.54, 1.807) is 42.8 Å². The second-order valence-corrected chi connectivity index (χ2v) is 6.20. The van der Waals surface area contributed by atoms with Crippen LogP contribution >= 0.6 is 0 Å². The first-order valence-electron chi connectivity index (χ1n) is 8.49. The van der Waals surface area contributed by atoms with Gasteiger partial charge < -0.3 is 10.6 Å². The third kappa shape index (κ3) is 3.46. The van der Waals surface area contributed by atoms with E-state index in [1.165, 1.54) is 10.9 Å². The van der Waals surface area contributed by atoms with Crippen molar-refractivity contribution in [2.45, 2.75) is 27.3 Å². The summed E-state index contributed by atoms with van der Waals surface area (Å²) in [5.41, 5.74) is 3.08. The van der Waals surface area contributed by atoms with Crippen LogP contribution in [0.25, 0.3) is 0 Å². The van der Waals surface area contributed by atoms with Gasteiger partial charge in [-0.05, 0) is 20.8 Å². The van der Waals surface area contributed by atoms with Crippen LogP contribution in [-0.4, -0.2) is 41.2 Å². The van der Waals surface area contributed by atoms with Crippen LogP contribution in [0.5, 0.6) is 0 Å². The van der Waals surface area contributed by atoms with Crippen molar-refractivity contribution >= 4 is 23.2 Å². The number of nitrogens with one attached hydrogen (secondary N) is 2. The van der Waals surface area contributed by atoms with Gasteiger partial charge in [-0.2, -0.15) is 15.3 Å². The summed E-state index contributed by atoms with van der Waals surface area (Å²) < 4.78 is 4.77. The van der Waals surface area contributed by atoms with Crippen molar-refractivity contribution in [3.63, 3.8) is 0 Å². The Morgan fingerprint density at radius 1 is 1.04 bits per heavy atom. The first-order valence-corrected chi connectivity index (χ1v) is 8.49. The molecule has 0 spiro atoms. The highest BCUT2D eigenvalue weighted by molar-refractivity contribution is 6.11. The summed E-state index contributed by atoms with van der Waals surface area (Å²) in [7, 11) is 3.54. The topological polar surface area (TPSA) is 112 Å². The Kier molecular flexibility index (Phi) is 4.80. The van der Waals surface area contributed by atoms with E-state index in [0.29, 0.717) is 29.2 Å². The van der Waals surface area contributed by atoms with Gasteiger partial charge in [0.2, 0.25) is 0 Å². The molecule has 10 heteroatoms. The highest BCUT2D eigenvalue weighted by atomic mass is 16.2. The van der Waals surface area contributed by atoms with E-state index >= 15 is 0 Å². The van der Waals surface area contributed by atoms with Crippen LogP contribution in [0, 0.1) is 13.8 Å². The molecule has 0 aliphatic rings. The molecule has 3 rings (SSSR count). The molecule has 2 amide bonds. The number of amides is 2. The third-order valence-corrected chi connectivity index (χ3v) is 4.34. The SMILES string of the molecule is CCn1ncc(NC(=O)c2cn(C)nc2C)c1C(=O)Nc1cnn(C)c1C. The second-order valence-electron chi connectivity index (χ2n) is 6.20. The molecule has 10 nitrogen and oxygen atoms in total. The van der Waals surface area contributed by atoms with Gasteiger partial charge in [0, 0.05) is 26.8 Å². The summed E-state index contributed by atoms with van der Waals surface area (Å²) in [5, 5.41) is 18.1. The smallest absolute Gasteiger partial charge is 0.276 e. The zero-order chi connectivity index (χ0) is 19.7. The van der Waals surface area contributed by atoms with E-state index in [1.807, 2.05) is 13.8 Å². The van der Waals surface area contributed by atoms with Crippen molar-refractivity contribution in [3.8, 4) is 0 Å². The highest BCUT2D eigenvalue weighted by Crippen LogP contribution is 2.20. The fourth-order valence-electron chi connectivity index (χ4n) is 2.77. The molecule has 0 atom stereocenters. The molecule has 3 heterocycles. The Hall–Kier alpha value is -3.43. The molecule has 0 saturated carbocycles. The largest absolute Gasteiger partial charge is 0.318 e. The average molecular weight is 370 g/mol. The molecule has 0 aliphatic carbocycles. The van der Waals surface area contributed by atoms with Crippen LogP contribution in [0.3, 0.4) is 0 Å². The van der Waals surface area contributed by atoms with Gasteiger partial charge in [-0.15, -0.1) is 0 Å². The highest BCUT2D eigenvalue weighted by Gasteiger charge is 2.22. The molecule has 27 heavy (non-hydrogen) atoms. The standard InChI is InChI=1S/C17H22N8O2/c1-6-25-15(17(27)20-13-7-18-24(5)11(13)3)14(8-19-25)21-16(26)12-9-23(4)22-10(12)2/h7-9H,6H2,1-5H3,(H,20,27)(H,21,26). The van der Waals surface area contributed by atoms with Crippen molar-refractivity contribution in [3.05, 3.63) is 41.2 Å². The number of nitrogens with zero attached hydrogens (tertiary/aromatic N) is 6. The zero-order valence-corrected chi connectivity index (χ0v) is 15.9. The Bertz CT molecular complexity index is 1010. The first kappa shape index (κ1) is 18.4.